The number of amides is 2. The average molecular weight is 262 g/mol. The molecule has 1 aliphatic carbocycles. The third-order valence-corrected chi connectivity index (χ3v) is 3.32. The molecule has 0 bridgehead atoms. The average Bonchev–Trinajstić information content (AvgIpc) is 2.84. The quantitative estimate of drug-likeness (QED) is 0.751. The van der Waals surface area contributed by atoms with E-state index in [0.717, 1.165) is 25.0 Å². The largest absolute Gasteiger partial charge is 0.351 e. The van der Waals surface area contributed by atoms with Crippen molar-refractivity contribution < 1.29 is 9.59 Å². The van der Waals surface area contributed by atoms with Gasteiger partial charge < -0.3 is 10.2 Å². The molecule has 2 amide bonds. The molecular weight excluding hydrogens is 244 g/mol. The molecule has 0 fully saturated rings. The number of H-pyrrole nitrogens is 1. The lowest BCUT2D eigenvalue weighted by molar-refractivity contribution is -0.131. The summed E-state index contributed by atoms with van der Waals surface area (Å²) >= 11 is 0. The number of nitrogens with zero attached hydrogens (tertiary/aromatic N) is 2. The molecule has 1 unspecified atom stereocenters. The van der Waals surface area contributed by atoms with Crippen LogP contribution in [0.2, 0.25) is 0 Å². The van der Waals surface area contributed by atoms with Crippen LogP contribution in [-0.4, -0.2) is 46.5 Å². The SMILES string of the molecule is C=CC(=O)N(C)CC(=O)NC1CCc2cn[nH]c2C1. The Morgan fingerprint density at radius 2 is 2.47 bits per heavy atom. The predicted octanol–water partition coefficient (Wildman–Crippen LogP) is 0.0276. The highest BCUT2D eigenvalue weighted by molar-refractivity contribution is 5.90. The molecule has 1 atom stereocenters. The van der Waals surface area contributed by atoms with Gasteiger partial charge in [-0.1, -0.05) is 6.58 Å². The van der Waals surface area contributed by atoms with Crippen LogP contribution in [0.15, 0.2) is 18.9 Å². The van der Waals surface area contributed by atoms with Crippen molar-refractivity contribution in [3.63, 3.8) is 0 Å². The van der Waals surface area contributed by atoms with Crippen LogP contribution >= 0.6 is 0 Å². The van der Waals surface area contributed by atoms with Crippen LogP contribution < -0.4 is 5.32 Å². The number of hydrogen-bond donors (Lipinski definition) is 2. The molecule has 0 saturated heterocycles. The van der Waals surface area contributed by atoms with E-state index in [1.165, 1.54) is 16.5 Å². The van der Waals surface area contributed by atoms with Crippen LogP contribution in [0, 0.1) is 0 Å². The van der Waals surface area contributed by atoms with Gasteiger partial charge in [0.25, 0.3) is 0 Å². The van der Waals surface area contributed by atoms with Gasteiger partial charge in [-0.2, -0.15) is 5.10 Å². The molecule has 0 spiro atoms. The van der Waals surface area contributed by atoms with E-state index in [4.69, 9.17) is 0 Å². The summed E-state index contributed by atoms with van der Waals surface area (Å²) in [5, 5.41) is 9.89. The fourth-order valence-corrected chi connectivity index (χ4v) is 2.25. The molecule has 2 rings (SSSR count). The Kier molecular flexibility index (Phi) is 3.99. The van der Waals surface area contributed by atoms with E-state index >= 15 is 0 Å². The van der Waals surface area contributed by atoms with Gasteiger partial charge in [0.05, 0.1) is 12.7 Å². The van der Waals surface area contributed by atoms with Gasteiger partial charge in [0.15, 0.2) is 0 Å². The van der Waals surface area contributed by atoms with Crippen molar-refractivity contribution in [3.8, 4) is 0 Å². The van der Waals surface area contributed by atoms with Gasteiger partial charge >= 0.3 is 0 Å². The van der Waals surface area contributed by atoms with Crippen LogP contribution in [-0.2, 0) is 22.4 Å². The summed E-state index contributed by atoms with van der Waals surface area (Å²) in [4.78, 5) is 24.5. The van der Waals surface area contributed by atoms with Crippen LogP contribution in [0.4, 0.5) is 0 Å². The lowest BCUT2D eigenvalue weighted by Crippen LogP contribution is -2.44. The maximum absolute atomic E-state index is 11.8. The van der Waals surface area contributed by atoms with Crippen molar-refractivity contribution >= 4 is 11.8 Å². The van der Waals surface area contributed by atoms with Crippen LogP contribution in [0.5, 0.6) is 0 Å². The summed E-state index contributed by atoms with van der Waals surface area (Å²) in [7, 11) is 1.58. The van der Waals surface area contributed by atoms with Crippen molar-refractivity contribution in [2.45, 2.75) is 25.3 Å². The zero-order chi connectivity index (χ0) is 13.8. The van der Waals surface area contributed by atoms with Crippen molar-refractivity contribution in [2.24, 2.45) is 0 Å². The second kappa shape index (κ2) is 5.69. The van der Waals surface area contributed by atoms with Crippen LogP contribution in [0.1, 0.15) is 17.7 Å². The number of likely N-dealkylation sites (N-methyl/N-ethyl adjacent to an activating group) is 1. The molecule has 1 aliphatic rings. The molecule has 2 N–H and O–H groups in total. The Hall–Kier alpha value is -2.11. The fourth-order valence-electron chi connectivity index (χ4n) is 2.25. The second-order valence-electron chi connectivity index (χ2n) is 4.78. The standard InChI is InChI=1S/C13H18N4O2/c1-3-13(19)17(2)8-12(18)15-10-5-4-9-7-14-16-11(9)6-10/h3,7,10H,1,4-6,8H2,2H3,(H,14,16)(H,15,18). The molecule has 1 aromatic rings. The number of hydrogen-bond acceptors (Lipinski definition) is 3. The van der Waals surface area contributed by atoms with E-state index in [1.807, 2.05) is 6.20 Å². The summed E-state index contributed by atoms with van der Waals surface area (Å²) in [6.07, 6.45) is 5.62. The number of rotatable bonds is 4. The molecule has 0 aromatic carbocycles. The third-order valence-electron chi connectivity index (χ3n) is 3.32. The van der Waals surface area contributed by atoms with E-state index in [9.17, 15) is 9.59 Å². The minimum atomic E-state index is -0.255. The van der Waals surface area contributed by atoms with Crippen LogP contribution in [0.3, 0.4) is 0 Å². The zero-order valence-corrected chi connectivity index (χ0v) is 11.0. The number of nitrogens with one attached hydrogen (secondary N) is 2. The van der Waals surface area contributed by atoms with Gasteiger partial charge in [-0.15, -0.1) is 0 Å². The maximum Gasteiger partial charge on any atom is 0.246 e. The molecular formula is C13H18N4O2. The summed E-state index contributed by atoms with van der Waals surface area (Å²) in [6, 6.07) is 0.104. The first kappa shape index (κ1) is 13.3. The number of carbonyl (C=O) groups excluding carboxylic acids is 2. The highest BCUT2D eigenvalue weighted by atomic mass is 16.2. The Bertz CT molecular complexity index is 495. The lowest BCUT2D eigenvalue weighted by atomic mass is 9.94. The van der Waals surface area contributed by atoms with Crippen LogP contribution in [0.25, 0.3) is 0 Å². The van der Waals surface area contributed by atoms with Gasteiger partial charge in [0.2, 0.25) is 11.8 Å². The maximum atomic E-state index is 11.8. The van der Waals surface area contributed by atoms with Gasteiger partial charge in [0.1, 0.15) is 0 Å². The Morgan fingerprint density at radius 1 is 1.68 bits per heavy atom. The highest BCUT2D eigenvalue weighted by Gasteiger charge is 2.22. The number of aromatic amines is 1. The summed E-state index contributed by atoms with van der Waals surface area (Å²) in [5.74, 6) is -0.402. The molecule has 6 heteroatoms. The van der Waals surface area contributed by atoms with E-state index in [-0.39, 0.29) is 24.4 Å². The first-order chi connectivity index (χ1) is 9.10. The molecule has 1 heterocycles. The Labute approximate surface area is 111 Å². The third kappa shape index (κ3) is 3.21. The first-order valence-electron chi connectivity index (χ1n) is 6.28. The zero-order valence-electron chi connectivity index (χ0n) is 11.0. The van der Waals surface area contributed by atoms with Crippen molar-refractivity contribution in [3.05, 3.63) is 30.1 Å². The van der Waals surface area contributed by atoms with Gasteiger partial charge in [-0.25, -0.2) is 0 Å². The van der Waals surface area contributed by atoms with Crippen molar-refractivity contribution in [1.82, 2.24) is 20.4 Å². The number of aryl methyl sites for hydroxylation is 1. The number of carbonyl (C=O) groups is 2. The van der Waals surface area contributed by atoms with E-state index in [0.29, 0.717) is 0 Å². The molecule has 0 aliphatic heterocycles. The van der Waals surface area contributed by atoms with E-state index in [2.05, 4.69) is 22.1 Å². The smallest absolute Gasteiger partial charge is 0.246 e. The van der Waals surface area contributed by atoms with E-state index in [1.54, 1.807) is 7.05 Å². The van der Waals surface area contributed by atoms with Gasteiger partial charge in [0, 0.05) is 25.2 Å². The van der Waals surface area contributed by atoms with Gasteiger partial charge in [-0.3, -0.25) is 14.7 Å². The van der Waals surface area contributed by atoms with Crippen molar-refractivity contribution in [2.75, 3.05) is 13.6 Å². The second-order valence-corrected chi connectivity index (χ2v) is 4.78. The van der Waals surface area contributed by atoms with Crippen molar-refractivity contribution in [1.29, 1.82) is 0 Å². The molecule has 0 radical (unpaired) electrons. The lowest BCUT2D eigenvalue weighted by Gasteiger charge is -2.24. The molecule has 1 aromatic heterocycles. The van der Waals surface area contributed by atoms with E-state index < -0.39 is 0 Å². The Morgan fingerprint density at radius 3 is 3.21 bits per heavy atom. The van der Waals surface area contributed by atoms with Gasteiger partial charge in [-0.05, 0) is 24.5 Å². The molecule has 19 heavy (non-hydrogen) atoms. The summed E-state index contributed by atoms with van der Waals surface area (Å²) < 4.78 is 0. The summed E-state index contributed by atoms with van der Waals surface area (Å²) in [5.41, 5.74) is 2.32. The normalized spacial score (nSPS) is 17.4. The topological polar surface area (TPSA) is 78.1 Å². The Balaban J connectivity index is 1.84. The monoisotopic (exact) mass is 262 g/mol. The number of fused-ring (bicyclic) bond motifs is 1. The first-order valence-corrected chi connectivity index (χ1v) is 6.28. The molecule has 102 valence electrons. The fraction of sp³-hybridized carbons (Fsp3) is 0.462. The predicted molar refractivity (Wildman–Crippen MR) is 70.4 cm³/mol. The molecule has 0 saturated carbocycles. The molecule has 6 nitrogen and oxygen atoms in total. The minimum Gasteiger partial charge on any atom is -0.351 e. The minimum absolute atomic E-state index is 0.0528. The highest BCUT2D eigenvalue weighted by Crippen LogP contribution is 2.18. The summed E-state index contributed by atoms with van der Waals surface area (Å²) in [6.45, 7) is 3.44. The number of aromatic nitrogens is 2.